The Kier molecular flexibility index (Phi) is 4.08. The summed E-state index contributed by atoms with van der Waals surface area (Å²) >= 11 is 0. The first-order valence-corrected chi connectivity index (χ1v) is 6.92. The molecule has 0 aromatic heterocycles. The van der Waals surface area contributed by atoms with Gasteiger partial charge in [-0.2, -0.15) is 0 Å². The molecule has 1 unspecified atom stereocenters. The lowest BCUT2D eigenvalue weighted by atomic mass is 9.98. The molecule has 1 N–H and O–H groups in total. The second kappa shape index (κ2) is 5.41. The summed E-state index contributed by atoms with van der Waals surface area (Å²) in [6.45, 7) is 10.6. The van der Waals surface area contributed by atoms with Crippen LogP contribution in [0.4, 0.5) is 0 Å². The normalized spacial score (nSPS) is 23.3. The molecular weight excluding hydrogens is 222 g/mol. The molecule has 0 bridgehead atoms. The molecular formula is C16H25NO. The van der Waals surface area contributed by atoms with Crippen molar-refractivity contribution in [1.29, 1.82) is 0 Å². The van der Waals surface area contributed by atoms with Crippen molar-refractivity contribution < 1.29 is 4.74 Å². The minimum absolute atomic E-state index is 0.123. The Hall–Kier alpha value is -0.860. The van der Waals surface area contributed by atoms with Gasteiger partial charge in [-0.05, 0) is 37.3 Å². The monoisotopic (exact) mass is 247 g/mol. The molecule has 0 amide bonds. The Morgan fingerprint density at radius 2 is 1.94 bits per heavy atom. The summed E-state index contributed by atoms with van der Waals surface area (Å²) in [5.41, 5.74) is 2.89. The van der Waals surface area contributed by atoms with Crippen molar-refractivity contribution in [2.75, 3.05) is 13.2 Å². The Bertz CT molecular complexity index is 371. The largest absolute Gasteiger partial charge is 0.375 e. The summed E-state index contributed by atoms with van der Waals surface area (Å²) in [7, 11) is 0. The van der Waals surface area contributed by atoms with Crippen molar-refractivity contribution in [3.05, 3.63) is 35.4 Å². The summed E-state index contributed by atoms with van der Waals surface area (Å²) in [6, 6.07) is 8.94. The number of hydrogen-bond acceptors (Lipinski definition) is 2. The maximum Gasteiger partial charge on any atom is 0.0740 e. The number of benzene rings is 1. The smallest absolute Gasteiger partial charge is 0.0740 e. The number of hydrogen-bond donors (Lipinski definition) is 1. The van der Waals surface area contributed by atoms with E-state index in [9.17, 15) is 0 Å². The van der Waals surface area contributed by atoms with Gasteiger partial charge in [-0.1, -0.05) is 38.1 Å². The van der Waals surface area contributed by atoms with Crippen molar-refractivity contribution in [3.8, 4) is 0 Å². The van der Waals surface area contributed by atoms with Gasteiger partial charge in [0.2, 0.25) is 0 Å². The van der Waals surface area contributed by atoms with Crippen LogP contribution in [-0.4, -0.2) is 24.8 Å². The molecule has 1 aromatic rings. The van der Waals surface area contributed by atoms with Crippen molar-refractivity contribution in [1.82, 2.24) is 5.32 Å². The molecule has 2 heteroatoms. The van der Waals surface area contributed by atoms with Gasteiger partial charge in [-0.3, -0.25) is 0 Å². The highest BCUT2D eigenvalue weighted by Crippen LogP contribution is 2.18. The van der Waals surface area contributed by atoms with Gasteiger partial charge in [0.05, 0.1) is 12.7 Å². The van der Waals surface area contributed by atoms with E-state index < -0.39 is 0 Å². The minimum Gasteiger partial charge on any atom is -0.375 e. The molecule has 100 valence electrons. The average molecular weight is 247 g/mol. The van der Waals surface area contributed by atoms with Gasteiger partial charge < -0.3 is 10.1 Å². The van der Waals surface area contributed by atoms with Crippen molar-refractivity contribution in [3.63, 3.8) is 0 Å². The highest BCUT2D eigenvalue weighted by molar-refractivity contribution is 5.25. The SMILES string of the molecule is CC(C)c1ccc(CC2CNC(C)(C)CO2)cc1. The first-order chi connectivity index (χ1) is 8.46. The van der Waals surface area contributed by atoms with Crippen LogP contribution in [0.5, 0.6) is 0 Å². The molecule has 1 atom stereocenters. The molecule has 2 nitrogen and oxygen atoms in total. The average Bonchev–Trinajstić information content (AvgIpc) is 2.33. The Balaban J connectivity index is 1.90. The first kappa shape index (κ1) is 13.6. The fourth-order valence-electron chi connectivity index (χ4n) is 2.26. The lowest BCUT2D eigenvalue weighted by molar-refractivity contribution is -0.0206. The molecule has 0 aliphatic carbocycles. The lowest BCUT2D eigenvalue weighted by Gasteiger charge is -2.36. The van der Waals surface area contributed by atoms with Gasteiger partial charge >= 0.3 is 0 Å². The van der Waals surface area contributed by atoms with E-state index in [2.05, 4.69) is 57.3 Å². The van der Waals surface area contributed by atoms with Gasteiger partial charge in [0, 0.05) is 12.1 Å². The van der Waals surface area contributed by atoms with Crippen molar-refractivity contribution in [2.24, 2.45) is 0 Å². The van der Waals surface area contributed by atoms with Crippen LogP contribution in [0.25, 0.3) is 0 Å². The molecule has 1 saturated heterocycles. The third kappa shape index (κ3) is 3.56. The van der Waals surface area contributed by atoms with E-state index in [1.54, 1.807) is 0 Å². The first-order valence-electron chi connectivity index (χ1n) is 6.92. The predicted octanol–water partition coefficient (Wildman–Crippen LogP) is 3.12. The minimum atomic E-state index is 0.123. The number of nitrogens with one attached hydrogen (secondary N) is 1. The quantitative estimate of drug-likeness (QED) is 0.886. The molecule has 1 heterocycles. The van der Waals surface area contributed by atoms with E-state index in [0.29, 0.717) is 12.0 Å². The maximum atomic E-state index is 5.91. The van der Waals surface area contributed by atoms with Gasteiger partial charge in [-0.25, -0.2) is 0 Å². The standard InChI is InChI=1S/C16H25NO/c1-12(2)14-7-5-13(6-8-14)9-15-10-17-16(3,4)11-18-15/h5-8,12,15,17H,9-11H2,1-4H3. The Morgan fingerprint density at radius 3 is 2.44 bits per heavy atom. The van der Waals surface area contributed by atoms with E-state index in [4.69, 9.17) is 4.74 Å². The van der Waals surface area contributed by atoms with Crippen LogP contribution >= 0.6 is 0 Å². The van der Waals surface area contributed by atoms with E-state index in [-0.39, 0.29) is 5.54 Å². The zero-order valence-corrected chi connectivity index (χ0v) is 12.0. The zero-order valence-electron chi connectivity index (χ0n) is 12.0. The summed E-state index contributed by atoms with van der Waals surface area (Å²) < 4.78 is 5.91. The number of morpholine rings is 1. The third-order valence-corrected chi connectivity index (χ3v) is 3.60. The summed E-state index contributed by atoms with van der Waals surface area (Å²) in [5.74, 6) is 0.604. The van der Waals surface area contributed by atoms with Crippen LogP contribution in [0.2, 0.25) is 0 Å². The van der Waals surface area contributed by atoms with Crippen LogP contribution < -0.4 is 5.32 Å². The summed E-state index contributed by atoms with van der Waals surface area (Å²) in [4.78, 5) is 0. The van der Waals surface area contributed by atoms with E-state index in [0.717, 1.165) is 19.6 Å². The zero-order chi connectivity index (χ0) is 13.2. The van der Waals surface area contributed by atoms with Gasteiger partial charge in [-0.15, -0.1) is 0 Å². The molecule has 0 saturated carbocycles. The van der Waals surface area contributed by atoms with Crippen LogP contribution in [0.15, 0.2) is 24.3 Å². The van der Waals surface area contributed by atoms with Crippen LogP contribution in [0.3, 0.4) is 0 Å². The van der Waals surface area contributed by atoms with Crippen LogP contribution in [0, 0.1) is 0 Å². The van der Waals surface area contributed by atoms with E-state index in [1.165, 1.54) is 11.1 Å². The topological polar surface area (TPSA) is 21.3 Å². The lowest BCUT2D eigenvalue weighted by Crippen LogP contribution is -2.53. The van der Waals surface area contributed by atoms with Gasteiger partial charge in [0.1, 0.15) is 0 Å². The van der Waals surface area contributed by atoms with Crippen molar-refractivity contribution >= 4 is 0 Å². The Labute approximate surface area is 111 Å². The maximum absolute atomic E-state index is 5.91. The number of ether oxygens (including phenoxy) is 1. The fraction of sp³-hybridized carbons (Fsp3) is 0.625. The highest BCUT2D eigenvalue weighted by Gasteiger charge is 2.26. The molecule has 0 radical (unpaired) electrons. The number of rotatable bonds is 3. The third-order valence-electron chi connectivity index (χ3n) is 3.60. The molecule has 1 aromatic carbocycles. The summed E-state index contributed by atoms with van der Waals surface area (Å²) in [5, 5.41) is 3.53. The van der Waals surface area contributed by atoms with Gasteiger partial charge in [0.25, 0.3) is 0 Å². The van der Waals surface area contributed by atoms with E-state index >= 15 is 0 Å². The molecule has 1 aliphatic rings. The predicted molar refractivity (Wildman–Crippen MR) is 76.1 cm³/mol. The van der Waals surface area contributed by atoms with Gasteiger partial charge in [0.15, 0.2) is 0 Å². The molecule has 18 heavy (non-hydrogen) atoms. The molecule has 1 fully saturated rings. The molecule has 1 aliphatic heterocycles. The molecule has 0 spiro atoms. The van der Waals surface area contributed by atoms with Crippen LogP contribution in [0.1, 0.15) is 44.7 Å². The Morgan fingerprint density at radius 1 is 1.28 bits per heavy atom. The summed E-state index contributed by atoms with van der Waals surface area (Å²) in [6.07, 6.45) is 1.31. The van der Waals surface area contributed by atoms with Crippen molar-refractivity contribution in [2.45, 2.75) is 51.7 Å². The second-order valence-electron chi connectivity index (χ2n) is 6.30. The molecule has 2 rings (SSSR count). The second-order valence-corrected chi connectivity index (χ2v) is 6.30. The highest BCUT2D eigenvalue weighted by atomic mass is 16.5. The van der Waals surface area contributed by atoms with E-state index in [1.807, 2.05) is 0 Å². The van der Waals surface area contributed by atoms with Crippen LogP contribution in [-0.2, 0) is 11.2 Å². The fourth-order valence-corrected chi connectivity index (χ4v) is 2.26.